The number of piperazine rings is 1. The van der Waals surface area contributed by atoms with Crippen LogP contribution in [0.5, 0.6) is 5.75 Å². The number of nitrogens with zero attached hydrogens (tertiary/aromatic N) is 2. The summed E-state index contributed by atoms with van der Waals surface area (Å²) in [6.45, 7) is 3.68. The Kier molecular flexibility index (Phi) is 4.30. The summed E-state index contributed by atoms with van der Waals surface area (Å²) in [6, 6.07) is 12.6. The third-order valence-corrected chi connectivity index (χ3v) is 4.93. The third-order valence-electron chi connectivity index (χ3n) is 4.93. The van der Waals surface area contributed by atoms with Crippen LogP contribution in [-0.2, 0) is 17.6 Å². The topological polar surface area (TPSA) is 32.8 Å². The number of benzene rings is 2. The van der Waals surface area contributed by atoms with Crippen LogP contribution in [-0.4, -0.2) is 43.6 Å². The Labute approximate surface area is 146 Å². The van der Waals surface area contributed by atoms with Crippen LogP contribution in [0.4, 0.5) is 10.1 Å². The Morgan fingerprint density at radius 1 is 1.04 bits per heavy atom. The van der Waals surface area contributed by atoms with Gasteiger partial charge in [0, 0.05) is 38.3 Å². The lowest BCUT2D eigenvalue weighted by Gasteiger charge is -2.36. The zero-order valence-corrected chi connectivity index (χ0v) is 14.1. The second-order valence-electron chi connectivity index (χ2n) is 6.56. The number of hydrogen-bond donors (Lipinski definition) is 0. The van der Waals surface area contributed by atoms with E-state index in [9.17, 15) is 9.18 Å². The van der Waals surface area contributed by atoms with Crippen molar-refractivity contribution in [3.8, 4) is 5.75 Å². The van der Waals surface area contributed by atoms with Gasteiger partial charge in [-0.15, -0.1) is 0 Å². The number of anilines is 1. The van der Waals surface area contributed by atoms with Gasteiger partial charge in [0.2, 0.25) is 5.91 Å². The van der Waals surface area contributed by atoms with Crippen LogP contribution in [0, 0.1) is 5.82 Å². The molecule has 0 saturated carbocycles. The van der Waals surface area contributed by atoms with Gasteiger partial charge in [-0.25, -0.2) is 4.39 Å². The molecule has 4 rings (SSSR count). The molecule has 25 heavy (non-hydrogen) atoms. The van der Waals surface area contributed by atoms with Gasteiger partial charge in [0.05, 0.1) is 13.0 Å². The number of ether oxygens (including phenoxy) is 1. The highest BCUT2D eigenvalue weighted by Crippen LogP contribution is 2.26. The molecule has 2 aliphatic rings. The van der Waals surface area contributed by atoms with E-state index >= 15 is 0 Å². The predicted molar refractivity (Wildman–Crippen MR) is 94.5 cm³/mol. The van der Waals surface area contributed by atoms with E-state index in [1.165, 1.54) is 17.7 Å². The highest BCUT2D eigenvalue weighted by atomic mass is 19.1. The van der Waals surface area contributed by atoms with Gasteiger partial charge in [-0.3, -0.25) is 4.79 Å². The number of hydrogen-bond acceptors (Lipinski definition) is 3. The van der Waals surface area contributed by atoms with Crippen LogP contribution in [0.2, 0.25) is 0 Å². The lowest BCUT2D eigenvalue weighted by atomic mass is 10.1. The van der Waals surface area contributed by atoms with Crippen molar-refractivity contribution in [3.05, 3.63) is 59.4 Å². The van der Waals surface area contributed by atoms with Gasteiger partial charge in [0.1, 0.15) is 11.6 Å². The van der Waals surface area contributed by atoms with Crippen molar-refractivity contribution in [2.75, 3.05) is 37.7 Å². The van der Waals surface area contributed by atoms with E-state index in [0.29, 0.717) is 19.5 Å². The molecule has 5 heteroatoms. The van der Waals surface area contributed by atoms with Crippen LogP contribution in [0.15, 0.2) is 42.5 Å². The minimum Gasteiger partial charge on any atom is -0.493 e. The van der Waals surface area contributed by atoms with Gasteiger partial charge in [-0.05, 0) is 41.5 Å². The van der Waals surface area contributed by atoms with Crippen LogP contribution >= 0.6 is 0 Å². The minimum atomic E-state index is -0.225. The molecule has 2 aliphatic heterocycles. The molecule has 0 aliphatic carbocycles. The van der Waals surface area contributed by atoms with Crippen LogP contribution in [0.25, 0.3) is 0 Å². The number of carbonyl (C=O) groups is 1. The van der Waals surface area contributed by atoms with E-state index in [2.05, 4.69) is 11.0 Å². The molecular weight excluding hydrogens is 319 g/mol. The summed E-state index contributed by atoms with van der Waals surface area (Å²) in [6.07, 6.45) is 1.36. The lowest BCUT2D eigenvalue weighted by Crippen LogP contribution is -2.49. The first kappa shape index (κ1) is 15.9. The molecule has 4 nitrogen and oxygen atoms in total. The molecule has 2 aromatic rings. The molecule has 1 fully saturated rings. The molecule has 0 bridgehead atoms. The largest absolute Gasteiger partial charge is 0.493 e. The molecular formula is C20H21FN2O2. The number of carbonyl (C=O) groups excluding carboxylic acids is 1. The van der Waals surface area contributed by atoms with Gasteiger partial charge in [0.15, 0.2) is 0 Å². The summed E-state index contributed by atoms with van der Waals surface area (Å²) < 4.78 is 18.5. The molecule has 0 N–H and O–H groups in total. The minimum absolute atomic E-state index is 0.164. The number of amides is 1. The Morgan fingerprint density at radius 3 is 2.56 bits per heavy atom. The van der Waals surface area contributed by atoms with Crippen molar-refractivity contribution in [1.29, 1.82) is 0 Å². The monoisotopic (exact) mass is 340 g/mol. The second-order valence-corrected chi connectivity index (χ2v) is 6.56. The van der Waals surface area contributed by atoms with Crippen LogP contribution in [0.3, 0.4) is 0 Å². The van der Waals surface area contributed by atoms with E-state index in [1.807, 2.05) is 17.0 Å². The molecule has 2 heterocycles. The Balaban J connectivity index is 1.34. The van der Waals surface area contributed by atoms with E-state index < -0.39 is 0 Å². The summed E-state index contributed by atoms with van der Waals surface area (Å²) in [7, 11) is 0. The smallest absolute Gasteiger partial charge is 0.227 e. The maximum atomic E-state index is 13.0. The van der Waals surface area contributed by atoms with E-state index in [-0.39, 0.29) is 11.7 Å². The summed E-state index contributed by atoms with van der Waals surface area (Å²) in [5.74, 6) is 0.888. The average molecular weight is 340 g/mol. The SMILES string of the molecule is O=C(Cc1ccc2c(c1)CCO2)N1CCN(c2ccc(F)cc2)CC1. The van der Waals surface area contributed by atoms with Crippen molar-refractivity contribution >= 4 is 11.6 Å². The van der Waals surface area contributed by atoms with Crippen molar-refractivity contribution < 1.29 is 13.9 Å². The highest BCUT2D eigenvalue weighted by Gasteiger charge is 2.22. The van der Waals surface area contributed by atoms with Gasteiger partial charge >= 0.3 is 0 Å². The molecule has 130 valence electrons. The first-order valence-corrected chi connectivity index (χ1v) is 8.72. The summed E-state index contributed by atoms with van der Waals surface area (Å²) in [5.41, 5.74) is 3.26. The zero-order valence-electron chi connectivity index (χ0n) is 14.1. The molecule has 0 spiro atoms. The lowest BCUT2D eigenvalue weighted by molar-refractivity contribution is -0.130. The zero-order chi connectivity index (χ0) is 17.2. The highest BCUT2D eigenvalue weighted by molar-refractivity contribution is 5.79. The summed E-state index contributed by atoms with van der Waals surface area (Å²) >= 11 is 0. The third kappa shape index (κ3) is 3.45. The normalized spacial score (nSPS) is 16.5. The Morgan fingerprint density at radius 2 is 1.80 bits per heavy atom. The Hall–Kier alpha value is -2.56. The molecule has 0 aromatic heterocycles. The molecule has 1 saturated heterocycles. The predicted octanol–water partition coefficient (Wildman–Crippen LogP) is 2.65. The first-order valence-electron chi connectivity index (χ1n) is 8.72. The van der Waals surface area contributed by atoms with Crippen molar-refractivity contribution in [3.63, 3.8) is 0 Å². The summed E-state index contributed by atoms with van der Waals surface area (Å²) in [4.78, 5) is 16.7. The quantitative estimate of drug-likeness (QED) is 0.861. The molecule has 0 unspecified atom stereocenters. The van der Waals surface area contributed by atoms with Crippen molar-refractivity contribution in [2.45, 2.75) is 12.8 Å². The van der Waals surface area contributed by atoms with Gasteiger partial charge in [0.25, 0.3) is 0 Å². The Bertz CT molecular complexity index is 768. The molecule has 2 aromatic carbocycles. The van der Waals surface area contributed by atoms with Crippen molar-refractivity contribution in [1.82, 2.24) is 4.90 Å². The molecule has 0 atom stereocenters. The number of fused-ring (bicyclic) bond motifs is 1. The maximum Gasteiger partial charge on any atom is 0.227 e. The van der Waals surface area contributed by atoms with E-state index in [4.69, 9.17) is 4.74 Å². The fourth-order valence-electron chi connectivity index (χ4n) is 3.50. The van der Waals surface area contributed by atoms with Gasteiger partial charge < -0.3 is 14.5 Å². The second kappa shape index (κ2) is 6.75. The van der Waals surface area contributed by atoms with E-state index in [0.717, 1.165) is 43.1 Å². The standard InChI is InChI=1S/C20H21FN2O2/c21-17-2-4-18(5-3-17)22-8-10-23(11-9-22)20(24)14-15-1-6-19-16(13-15)7-12-25-19/h1-6,13H,7-12,14H2. The van der Waals surface area contributed by atoms with E-state index in [1.54, 1.807) is 12.1 Å². The summed E-state index contributed by atoms with van der Waals surface area (Å²) in [5, 5.41) is 0. The van der Waals surface area contributed by atoms with Gasteiger partial charge in [-0.2, -0.15) is 0 Å². The van der Waals surface area contributed by atoms with Crippen molar-refractivity contribution in [2.24, 2.45) is 0 Å². The molecule has 1 amide bonds. The first-order chi connectivity index (χ1) is 12.2. The fourth-order valence-corrected chi connectivity index (χ4v) is 3.50. The fraction of sp³-hybridized carbons (Fsp3) is 0.350. The molecule has 0 radical (unpaired) electrons. The maximum absolute atomic E-state index is 13.0. The van der Waals surface area contributed by atoms with Crippen LogP contribution in [0.1, 0.15) is 11.1 Å². The van der Waals surface area contributed by atoms with Crippen LogP contribution < -0.4 is 9.64 Å². The number of rotatable bonds is 3. The van der Waals surface area contributed by atoms with Gasteiger partial charge in [-0.1, -0.05) is 12.1 Å². The average Bonchev–Trinajstić information content (AvgIpc) is 3.10. The number of halogens is 1.